The fraction of sp³-hybridized carbons (Fsp3) is 0. The highest BCUT2D eigenvalue weighted by molar-refractivity contribution is 7.25. The van der Waals surface area contributed by atoms with Gasteiger partial charge in [0.15, 0.2) is 0 Å². The van der Waals surface area contributed by atoms with E-state index in [0.717, 1.165) is 11.4 Å². The first-order valence-corrected chi connectivity index (χ1v) is 8.73. The first kappa shape index (κ1) is 13.5. The van der Waals surface area contributed by atoms with Crippen LogP contribution in [-0.2, 0) is 0 Å². The van der Waals surface area contributed by atoms with Crippen LogP contribution in [0.3, 0.4) is 0 Å². The van der Waals surface area contributed by atoms with E-state index in [4.69, 9.17) is 0 Å². The number of thiophene rings is 1. The lowest BCUT2D eigenvalue weighted by molar-refractivity contribution is 1.08. The molecule has 3 aromatic carbocycles. The molecule has 0 fully saturated rings. The lowest BCUT2D eigenvalue weighted by Gasteiger charge is -2.10. The zero-order valence-electron chi connectivity index (χ0n) is 12.9. The van der Waals surface area contributed by atoms with Crippen LogP contribution < -0.4 is 0 Å². The van der Waals surface area contributed by atoms with E-state index in [9.17, 15) is 0 Å². The quantitative estimate of drug-likeness (QED) is 0.394. The zero-order valence-corrected chi connectivity index (χ0v) is 13.7. The number of hydrogen-bond acceptors (Lipinski definition) is 2. The van der Waals surface area contributed by atoms with Crippen LogP contribution in [-0.4, -0.2) is 9.55 Å². The van der Waals surface area contributed by atoms with Crippen LogP contribution in [0.1, 0.15) is 0 Å². The van der Waals surface area contributed by atoms with Crippen LogP contribution in [0.15, 0.2) is 85.2 Å². The van der Waals surface area contributed by atoms with Gasteiger partial charge in [-0.25, -0.2) is 4.98 Å². The van der Waals surface area contributed by atoms with Gasteiger partial charge in [-0.2, -0.15) is 0 Å². The average molecular weight is 326 g/mol. The molecular formula is C21H14N2S. The number of fused-ring (bicyclic) bond motifs is 3. The highest BCUT2D eigenvalue weighted by Crippen LogP contribution is 2.38. The van der Waals surface area contributed by atoms with Gasteiger partial charge in [0.1, 0.15) is 5.82 Å². The molecule has 114 valence electrons. The van der Waals surface area contributed by atoms with E-state index in [0.29, 0.717) is 0 Å². The predicted molar refractivity (Wildman–Crippen MR) is 102 cm³/mol. The number of aromatic nitrogens is 2. The summed E-state index contributed by atoms with van der Waals surface area (Å²) in [4.78, 5) is 4.60. The molecule has 0 saturated heterocycles. The molecule has 0 aliphatic rings. The summed E-state index contributed by atoms with van der Waals surface area (Å²) < 4.78 is 4.82. The molecule has 5 aromatic rings. The minimum absolute atomic E-state index is 0.971. The Morgan fingerprint density at radius 3 is 2.46 bits per heavy atom. The Morgan fingerprint density at radius 2 is 1.54 bits per heavy atom. The lowest BCUT2D eigenvalue weighted by atomic mass is 10.1. The van der Waals surface area contributed by atoms with Gasteiger partial charge in [0.2, 0.25) is 0 Å². The molecule has 3 heteroatoms. The zero-order chi connectivity index (χ0) is 15.9. The van der Waals surface area contributed by atoms with Crippen LogP contribution in [0, 0.1) is 0 Å². The molecule has 24 heavy (non-hydrogen) atoms. The summed E-state index contributed by atoms with van der Waals surface area (Å²) in [6, 6.07) is 25.4. The Morgan fingerprint density at radius 1 is 0.750 bits per heavy atom. The van der Waals surface area contributed by atoms with Gasteiger partial charge in [-0.05, 0) is 18.2 Å². The molecule has 0 unspecified atom stereocenters. The second-order valence-corrected chi connectivity index (χ2v) is 6.82. The lowest BCUT2D eigenvalue weighted by Crippen LogP contribution is -1.96. The average Bonchev–Trinajstić information content (AvgIpc) is 3.27. The second-order valence-electron chi connectivity index (χ2n) is 5.74. The summed E-state index contributed by atoms with van der Waals surface area (Å²) in [5, 5.41) is 2.61. The monoisotopic (exact) mass is 326 g/mol. The smallest absolute Gasteiger partial charge is 0.144 e. The fourth-order valence-electron chi connectivity index (χ4n) is 3.26. The molecule has 0 bridgehead atoms. The van der Waals surface area contributed by atoms with Crippen molar-refractivity contribution in [1.29, 1.82) is 0 Å². The number of rotatable bonds is 2. The van der Waals surface area contributed by atoms with E-state index in [1.165, 1.54) is 25.9 Å². The molecule has 0 aliphatic carbocycles. The number of hydrogen-bond donors (Lipinski definition) is 0. The van der Waals surface area contributed by atoms with Gasteiger partial charge in [-0.1, -0.05) is 54.6 Å². The van der Waals surface area contributed by atoms with E-state index >= 15 is 0 Å². The van der Waals surface area contributed by atoms with Crippen molar-refractivity contribution in [3.8, 4) is 17.1 Å². The summed E-state index contributed by atoms with van der Waals surface area (Å²) in [6.45, 7) is 0. The minimum atomic E-state index is 0.971. The third-order valence-electron chi connectivity index (χ3n) is 4.31. The van der Waals surface area contributed by atoms with E-state index < -0.39 is 0 Å². The first-order chi connectivity index (χ1) is 11.9. The van der Waals surface area contributed by atoms with E-state index in [1.807, 2.05) is 29.8 Å². The topological polar surface area (TPSA) is 17.8 Å². The van der Waals surface area contributed by atoms with Crippen LogP contribution in [0.25, 0.3) is 37.2 Å². The Balaban J connectivity index is 1.84. The van der Waals surface area contributed by atoms with E-state index in [1.54, 1.807) is 0 Å². The van der Waals surface area contributed by atoms with Gasteiger partial charge in [-0.15, -0.1) is 11.3 Å². The molecule has 0 N–H and O–H groups in total. The maximum atomic E-state index is 4.60. The summed E-state index contributed by atoms with van der Waals surface area (Å²) >= 11 is 1.84. The number of imidazole rings is 1. The summed E-state index contributed by atoms with van der Waals surface area (Å²) in [7, 11) is 0. The van der Waals surface area contributed by atoms with Crippen molar-refractivity contribution in [1.82, 2.24) is 9.55 Å². The van der Waals surface area contributed by atoms with Crippen LogP contribution in [0.4, 0.5) is 0 Å². The van der Waals surface area contributed by atoms with Crippen LogP contribution in [0.2, 0.25) is 0 Å². The van der Waals surface area contributed by atoms with Gasteiger partial charge < -0.3 is 0 Å². The predicted octanol–water partition coefficient (Wildman–Crippen LogP) is 5.91. The van der Waals surface area contributed by atoms with Crippen molar-refractivity contribution >= 4 is 31.5 Å². The number of nitrogens with zero attached hydrogens (tertiary/aromatic N) is 2. The molecule has 0 spiro atoms. The van der Waals surface area contributed by atoms with Crippen molar-refractivity contribution < 1.29 is 0 Å². The maximum absolute atomic E-state index is 4.60. The molecular weight excluding hydrogens is 312 g/mol. The fourth-order valence-corrected chi connectivity index (χ4v) is 4.38. The third kappa shape index (κ3) is 1.99. The van der Waals surface area contributed by atoms with Crippen molar-refractivity contribution in [2.75, 3.05) is 0 Å². The largest absolute Gasteiger partial charge is 0.299 e. The van der Waals surface area contributed by atoms with E-state index in [2.05, 4.69) is 76.3 Å². The molecule has 0 aliphatic heterocycles. The first-order valence-electron chi connectivity index (χ1n) is 7.91. The number of benzene rings is 3. The maximum Gasteiger partial charge on any atom is 0.144 e. The Bertz CT molecular complexity index is 1150. The molecule has 2 nitrogen and oxygen atoms in total. The molecule has 0 saturated carbocycles. The van der Waals surface area contributed by atoms with Crippen molar-refractivity contribution in [3.05, 3.63) is 85.2 Å². The molecule has 0 atom stereocenters. The standard InChI is InChI=1S/C21H14N2S/c1-2-7-15(8-3-1)21-22-13-14-23(21)17-10-6-12-19-20(17)16-9-4-5-11-18(16)24-19/h1-14H. The molecule has 2 heterocycles. The second kappa shape index (κ2) is 5.32. The molecule has 0 radical (unpaired) electrons. The van der Waals surface area contributed by atoms with E-state index in [-0.39, 0.29) is 0 Å². The van der Waals surface area contributed by atoms with Gasteiger partial charge in [-0.3, -0.25) is 4.57 Å². The Kier molecular flexibility index (Phi) is 3.00. The summed E-state index contributed by atoms with van der Waals surface area (Å²) in [6.07, 6.45) is 3.92. The van der Waals surface area contributed by atoms with Gasteiger partial charge in [0, 0.05) is 38.1 Å². The summed E-state index contributed by atoms with van der Waals surface area (Å²) in [5.74, 6) is 0.971. The third-order valence-corrected chi connectivity index (χ3v) is 5.45. The molecule has 0 amide bonds. The highest BCUT2D eigenvalue weighted by atomic mass is 32.1. The van der Waals surface area contributed by atoms with Gasteiger partial charge in [0.05, 0.1) is 5.69 Å². The Hall–Kier alpha value is -2.91. The molecule has 5 rings (SSSR count). The SMILES string of the molecule is c1ccc(-c2nccn2-c2cccc3sc4ccccc4c23)cc1. The molecule has 2 aromatic heterocycles. The Labute approximate surface area is 143 Å². The van der Waals surface area contributed by atoms with Crippen LogP contribution in [0.5, 0.6) is 0 Å². The normalized spacial score (nSPS) is 11.3. The van der Waals surface area contributed by atoms with Crippen LogP contribution >= 0.6 is 11.3 Å². The van der Waals surface area contributed by atoms with Gasteiger partial charge in [0.25, 0.3) is 0 Å². The highest BCUT2D eigenvalue weighted by Gasteiger charge is 2.13. The van der Waals surface area contributed by atoms with Gasteiger partial charge >= 0.3 is 0 Å². The summed E-state index contributed by atoms with van der Waals surface area (Å²) in [5.41, 5.74) is 2.31. The van der Waals surface area contributed by atoms with Crippen molar-refractivity contribution in [2.24, 2.45) is 0 Å². The minimum Gasteiger partial charge on any atom is -0.299 e. The van der Waals surface area contributed by atoms with Crippen molar-refractivity contribution in [2.45, 2.75) is 0 Å². The van der Waals surface area contributed by atoms with Crippen molar-refractivity contribution in [3.63, 3.8) is 0 Å².